The van der Waals surface area contributed by atoms with E-state index in [1.165, 1.54) is 12.1 Å². The summed E-state index contributed by atoms with van der Waals surface area (Å²) in [6.45, 7) is 0. The first-order valence-corrected chi connectivity index (χ1v) is 6.57. The van der Waals surface area contributed by atoms with Crippen molar-refractivity contribution in [2.45, 2.75) is 18.3 Å². The first-order chi connectivity index (χ1) is 11.2. The van der Waals surface area contributed by atoms with E-state index in [1.54, 1.807) is 12.1 Å². The molecule has 0 aliphatic carbocycles. The van der Waals surface area contributed by atoms with Crippen LogP contribution in [0.2, 0.25) is 0 Å². The number of alkyl halides is 6. The molecule has 2 aromatic carbocycles. The maximum absolute atomic E-state index is 13.5. The van der Waals surface area contributed by atoms with E-state index in [0.717, 1.165) is 12.1 Å². The van der Waals surface area contributed by atoms with Crippen molar-refractivity contribution in [1.29, 1.82) is 0 Å². The summed E-state index contributed by atoms with van der Waals surface area (Å²) in [4.78, 5) is 0. The Kier molecular flexibility index (Phi) is 4.78. The molecule has 0 saturated heterocycles. The zero-order valence-corrected chi connectivity index (χ0v) is 11.9. The summed E-state index contributed by atoms with van der Waals surface area (Å²) in [6, 6.07) is 9.43. The van der Waals surface area contributed by atoms with E-state index in [2.05, 4.69) is 5.92 Å². The van der Waals surface area contributed by atoms with Gasteiger partial charge in [0.05, 0.1) is 0 Å². The van der Waals surface area contributed by atoms with Crippen LogP contribution in [0.5, 0.6) is 11.5 Å². The second-order valence-corrected chi connectivity index (χ2v) is 4.79. The van der Waals surface area contributed by atoms with Gasteiger partial charge < -0.3 is 4.74 Å². The average molecular weight is 344 g/mol. The summed E-state index contributed by atoms with van der Waals surface area (Å²) < 4.78 is 82.7. The van der Waals surface area contributed by atoms with E-state index in [-0.39, 0.29) is 5.75 Å². The Balaban J connectivity index is 2.19. The molecule has 2 rings (SSSR count). The van der Waals surface area contributed by atoms with Crippen LogP contribution in [0.4, 0.5) is 26.3 Å². The van der Waals surface area contributed by atoms with Crippen LogP contribution in [0.15, 0.2) is 48.5 Å². The first kappa shape index (κ1) is 17.7. The zero-order valence-electron chi connectivity index (χ0n) is 11.9. The Bertz CT molecular complexity index is 729. The molecule has 2 aromatic rings. The second-order valence-electron chi connectivity index (χ2n) is 4.79. The molecule has 0 saturated carbocycles. The minimum atomic E-state index is -5.47. The van der Waals surface area contributed by atoms with Crippen molar-refractivity contribution >= 4 is 0 Å². The van der Waals surface area contributed by atoms with Crippen LogP contribution in [-0.4, -0.2) is 12.3 Å². The molecular weight excluding hydrogens is 334 g/mol. The molecule has 0 radical (unpaired) electrons. The number of terminal acetylenes is 1. The lowest BCUT2D eigenvalue weighted by molar-refractivity contribution is -0.270. The highest BCUT2D eigenvalue weighted by molar-refractivity contribution is 5.39. The molecule has 0 unspecified atom stereocenters. The normalized spacial score (nSPS) is 12.1. The minimum Gasteiger partial charge on any atom is -0.457 e. The third-order valence-corrected chi connectivity index (χ3v) is 3.17. The monoisotopic (exact) mass is 344 g/mol. The molecule has 0 atom stereocenters. The second kappa shape index (κ2) is 6.48. The fraction of sp³-hybridized carbons (Fsp3) is 0.176. The molecule has 0 N–H and O–H groups in total. The van der Waals surface area contributed by atoms with Gasteiger partial charge in [-0.15, -0.1) is 6.42 Å². The van der Waals surface area contributed by atoms with Gasteiger partial charge >= 0.3 is 18.3 Å². The van der Waals surface area contributed by atoms with Gasteiger partial charge in [0, 0.05) is 11.1 Å². The Morgan fingerprint density at radius 2 is 1.29 bits per heavy atom. The van der Waals surface area contributed by atoms with Crippen LogP contribution in [0.3, 0.4) is 0 Å². The van der Waals surface area contributed by atoms with Crippen LogP contribution in [-0.2, 0) is 5.92 Å². The van der Waals surface area contributed by atoms with Gasteiger partial charge in [0.1, 0.15) is 11.5 Å². The fourth-order valence-electron chi connectivity index (χ4n) is 1.82. The molecule has 24 heavy (non-hydrogen) atoms. The van der Waals surface area contributed by atoms with Crippen molar-refractivity contribution < 1.29 is 31.1 Å². The number of rotatable bonds is 5. The highest BCUT2D eigenvalue weighted by Crippen LogP contribution is 2.46. The van der Waals surface area contributed by atoms with Gasteiger partial charge in [0.2, 0.25) is 0 Å². The Hall–Kier alpha value is -2.62. The maximum Gasteiger partial charge on any atom is 0.373 e. The predicted molar refractivity (Wildman–Crippen MR) is 75.7 cm³/mol. The standard InChI is InChI=1S/C17H10F6O/c1-2-11-3-7-13(8-4-11)24-14-9-5-12(6-10-14)16(20,21)17(22,23)15(18)19/h1,3-10,15H. The van der Waals surface area contributed by atoms with Crippen molar-refractivity contribution in [2.75, 3.05) is 0 Å². The van der Waals surface area contributed by atoms with E-state index >= 15 is 0 Å². The number of halogens is 6. The summed E-state index contributed by atoms with van der Waals surface area (Å²) in [5.41, 5.74) is -0.630. The van der Waals surface area contributed by atoms with Crippen molar-refractivity contribution in [1.82, 2.24) is 0 Å². The van der Waals surface area contributed by atoms with Gasteiger partial charge in [-0.3, -0.25) is 0 Å². The van der Waals surface area contributed by atoms with E-state index in [1.807, 2.05) is 0 Å². The lowest BCUT2D eigenvalue weighted by atomic mass is 10.0. The summed E-state index contributed by atoms with van der Waals surface area (Å²) in [7, 11) is 0. The lowest BCUT2D eigenvalue weighted by Gasteiger charge is -2.26. The summed E-state index contributed by atoms with van der Waals surface area (Å²) in [5, 5.41) is 0. The SMILES string of the molecule is C#Cc1ccc(Oc2ccc(C(F)(F)C(F)(F)C(F)F)cc2)cc1. The molecule has 0 spiro atoms. The molecule has 0 bridgehead atoms. The summed E-state index contributed by atoms with van der Waals surface area (Å²) in [5.74, 6) is -7.67. The third-order valence-electron chi connectivity index (χ3n) is 3.17. The average Bonchev–Trinajstić information content (AvgIpc) is 2.55. The molecule has 126 valence electrons. The number of hydrogen-bond acceptors (Lipinski definition) is 1. The van der Waals surface area contributed by atoms with Crippen molar-refractivity contribution in [3.05, 3.63) is 59.7 Å². The number of ether oxygens (including phenoxy) is 1. The summed E-state index contributed by atoms with van der Waals surface area (Å²) >= 11 is 0. The molecule has 0 heterocycles. The molecule has 0 fully saturated rings. The highest BCUT2D eigenvalue weighted by atomic mass is 19.3. The third kappa shape index (κ3) is 3.32. The van der Waals surface area contributed by atoms with E-state index < -0.39 is 23.8 Å². The molecule has 1 nitrogen and oxygen atoms in total. The van der Waals surface area contributed by atoms with Gasteiger partial charge in [0.15, 0.2) is 0 Å². The largest absolute Gasteiger partial charge is 0.457 e. The smallest absolute Gasteiger partial charge is 0.373 e. The predicted octanol–water partition coefficient (Wildman–Crippen LogP) is 5.45. The van der Waals surface area contributed by atoms with Crippen LogP contribution in [0, 0.1) is 12.3 Å². The van der Waals surface area contributed by atoms with Crippen molar-refractivity contribution in [2.24, 2.45) is 0 Å². The highest BCUT2D eigenvalue weighted by Gasteiger charge is 2.63. The van der Waals surface area contributed by atoms with E-state index in [9.17, 15) is 26.3 Å². The maximum atomic E-state index is 13.5. The van der Waals surface area contributed by atoms with Gasteiger partial charge in [0.25, 0.3) is 0 Å². The van der Waals surface area contributed by atoms with Crippen LogP contribution >= 0.6 is 0 Å². The zero-order chi connectivity index (χ0) is 18.0. The number of hydrogen-bond donors (Lipinski definition) is 0. The van der Waals surface area contributed by atoms with Gasteiger partial charge in [-0.05, 0) is 48.5 Å². The molecule has 7 heteroatoms. The Morgan fingerprint density at radius 1 is 0.833 bits per heavy atom. The van der Waals surface area contributed by atoms with E-state index in [0.29, 0.717) is 23.4 Å². The quantitative estimate of drug-likeness (QED) is 0.517. The van der Waals surface area contributed by atoms with Crippen molar-refractivity contribution in [3.8, 4) is 23.8 Å². The number of benzene rings is 2. The van der Waals surface area contributed by atoms with Crippen molar-refractivity contribution in [3.63, 3.8) is 0 Å². The molecule has 0 aromatic heterocycles. The summed E-state index contributed by atoms with van der Waals surface area (Å²) in [6.07, 6.45) is 0.702. The first-order valence-electron chi connectivity index (χ1n) is 6.57. The van der Waals surface area contributed by atoms with Crippen LogP contribution < -0.4 is 4.74 Å². The van der Waals surface area contributed by atoms with Crippen LogP contribution in [0.1, 0.15) is 11.1 Å². The van der Waals surface area contributed by atoms with Crippen LogP contribution in [0.25, 0.3) is 0 Å². The topological polar surface area (TPSA) is 9.23 Å². The fourth-order valence-corrected chi connectivity index (χ4v) is 1.82. The van der Waals surface area contributed by atoms with Gasteiger partial charge in [-0.2, -0.15) is 17.6 Å². The van der Waals surface area contributed by atoms with Gasteiger partial charge in [-0.1, -0.05) is 5.92 Å². The molecule has 0 amide bonds. The molecule has 0 aliphatic heterocycles. The molecular formula is C17H10F6O. The van der Waals surface area contributed by atoms with Gasteiger partial charge in [-0.25, -0.2) is 8.78 Å². The Labute approximate surface area is 133 Å². The molecule has 0 aliphatic rings. The Morgan fingerprint density at radius 3 is 1.71 bits per heavy atom. The lowest BCUT2D eigenvalue weighted by Crippen LogP contribution is -2.44. The minimum absolute atomic E-state index is 0.0726. The van der Waals surface area contributed by atoms with E-state index in [4.69, 9.17) is 11.2 Å².